The molecule has 1 amide bonds. The van der Waals surface area contributed by atoms with Crippen LogP contribution in [0.5, 0.6) is 5.75 Å². The second kappa shape index (κ2) is 5.92. The SMILES string of the molecule is CCOc1ccc(N)c(S(=O)(=O)CC(=O)N(C)C)c1. The Kier molecular flexibility index (Phi) is 4.77. The molecule has 19 heavy (non-hydrogen) atoms. The number of sulfone groups is 1. The highest BCUT2D eigenvalue weighted by Gasteiger charge is 2.23. The lowest BCUT2D eigenvalue weighted by Gasteiger charge is -2.13. The van der Waals surface area contributed by atoms with Gasteiger partial charge in [-0.3, -0.25) is 4.79 Å². The molecule has 0 atom stereocenters. The molecule has 0 saturated heterocycles. The van der Waals surface area contributed by atoms with Crippen molar-refractivity contribution in [3.8, 4) is 5.75 Å². The van der Waals surface area contributed by atoms with Crippen LogP contribution in [0.1, 0.15) is 6.92 Å². The summed E-state index contributed by atoms with van der Waals surface area (Å²) in [5, 5.41) is 0. The molecule has 7 heteroatoms. The van der Waals surface area contributed by atoms with Gasteiger partial charge in [-0.1, -0.05) is 0 Å². The third-order valence-electron chi connectivity index (χ3n) is 2.44. The molecule has 0 aliphatic carbocycles. The summed E-state index contributed by atoms with van der Waals surface area (Å²) in [7, 11) is -0.777. The molecular weight excluding hydrogens is 268 g/mol. The van der Waals surface area contributed by atoms with Crippen molar-refractivity contribution < 1.29 is 17.9 Å². The number of nitrogens with two attached hydrogens (primary N) is 1. The molecule has 0 heterocycles. The summed E-state index contributed by atoms with van der Waals surface area (Å²) < 4.78 is 29.5. The summed E-state index contributed by atoms with van der Waals surface area (Å²) in [6.45, 7) is 2.21. The van der Waals surface area contributed by atoms with Crippen LogP contribution in [0.3, 0.4) is 0 Å². The van der Waals surface area contributed by atoms with E-state index in [0.717, 1.165) is 0 Å². The van der Waals surface area contributed by atoms with E-state index < -0.39 is 21.5 Å². The van der Waals surface area contributed by atoms with Crippen molar-refractivity contribution in [2.24, 2.45) is 0 Å². The molecule has 0 radical (unpaired) electrons. The fourth-order valence-corrected chi connectivity index (χ4v) is 2.87. The Balaban J connectivity index is 3.13. The minimum absolute atomic E-state index is 0.0753. The molecule has 1 rings (SSSR count). The van der Waals surface area contributed by atoms with Crippen LogP contribution in [0.25, 0.3) is 0 Å². The average molecular weight is 286 g/mol. The number of hydrogen-bond acceptors (Lipinski definition) is 5. The minimum Gasteiger partial charge on any atom is -0.494 e. The van der Waals surface area contributed by atoms with Crippen molar-refractivity contribution in [2.75, 3.05) is 32.2 Å². The molecule has 0 bridgehead atoms. The van der Waals surface area contributed by atoms with Crippen molar-refractivity contribution in [3.05, 3.63) is 18.2 Å². The van der Waals surface area contributed by atoms with Crippen LogP contribution in [0.4, 0.5) is 5.69 Å². The van der Waals surface area contributed by atoms with Gasteiger partial charge in [0.25, 0.3) is 0 Å². The largest absolute Gasteiger partial charge is 0.494 e. The van der Waals surface area contributed by atoms with Gasteiger partial charge in [0.2, 0.25) is 5.91 Å². The van der Waals surface area contributed by atoms with Crippen LogP contribution in [0.2, 0.25) is 0 Å². The fourth-order valence-electron chi connectivity index (χ4n) is 1.41. The molecule has 6 nitrogen and oxygen atoms in total. The van der Waals surface area contributed by atoms with Gasteiger partial charge >= 0.3 is 0 Å². The maximum Gasteiger partial charge on any atom is 0.237 e. The minimum atomic E-state index is -3.77. The Hall–Kier alpha value is -1.76. The van der Waals surface area contributed by atoms with Crippen molar-refractivity contribution >= 4 is 21.4 Å². The maximum absolute atomic E-state index is 12.1. The molecule has 0 spiro atoms. The Morgan fingerprint density at radius 1 is 1.37 bits per heavy atom. The second-order valence-corrected chi connectivity index (χ2v) is 6.14. The molecule has 1 aromatic carbocycles. The third kappa shape index (κ3) is 3.85. The van der Waals surface area contributed by atoms with Crippen molar-refractivity contribution in [1.82, 2.24) is 4.90 Å². The third-order valence-corrected chi connectivity index (χ3v) is 4.09. The number of ether oxygens (including phenoxy) is 1. The summed E-state index contributed by atoms with van der Waals surface area (Å²) in [5.74, 6) is -0.700. The van der Waals surface area contributed by atoms with Crippen LogP contribution in [-0.4, -0.2) is 45.7 Å². The van der Waals surface area contributed by atoms with E-state index in [9.17, 15) is 13.2 Å². The number of carbonyl (C=O) groups excluding carboxylic acids is 1. The van der Waals surface area contributed by atoms with E-state index >= 15 is 0 Å². The highest BCUT2D eigenvalue weighted by molar-refractivity contribution is 7.92. The number of hydrogen-bond donors (Lipinski definition) is 1. The van der Waals surface area contributed by atoms with Crippen LogP contribution >= 0.6 is 0 Å². The standard InChI is InChI=1S/C12H18N2O4S/c1-4-18-9-5-6-10(13)11(7-9)19(16,17)8-12(15)14(2)3/h5-7H,4,8,13H2,1-3H3. The van der Waals surface area contributed by atoms with Gasteiger partial charge in [0.05, 0.1) is 17.2 Å². The quantitative estimate of drug-likeness (QED) is 0.797. The predicted octanol–water partition coefficient (Wildman–Crippen LogP) is 0.529. The molecule has 0 aliphatic rings. The first kappa shape index (κ1) is 15.3. The van der Waals surface area contributed by atoms with Gasteiger partial charge in [0.15, 0.2) is 9.84 Å². The van der Waals surface area contributed by atoms with E-state index in [1.807, 2.05) is 0 Å². The normalized spacial score (nSPS) is 11.1. The smallest absolute Gasteiger partial charge is 0.237 e. The predicted molar refractivity (Wildman–Crippen MR) is 72.8 cm³/mol. The Morgan fingerprint density at radius 3 is 2.53 bits per heavy atom. The zero-order valence-electron chi connectivity index (χ0n) is 11.2. The first-order valence-corrected chi connectivity index (χ1v) is 7.38. The number of carbonyl (C=O) groups is 1. The molecular formula is C12H18N2O4S. The second-order valence-electron chi connectivity index (χ2n) is 4.18. The molecule has 0 fully saturated rings. The molecule has 1 aromatic rings. The zero-order valence-corrected chi connectivity index (χ0v) is 12.0. The van der Waals surface area contributed by atoms with Gasteiger partial charge in [-0.15, -0.1) is 0 Å². The lowest BCUT2D eigenvalue weighted by Crippen LogP contribution is -2.29. The van der Waals surface area contributed by atoms with E-state index in [1.165, 1.54) is 31.1 Å². The monoisotopic (exact) mass is 286 g/mol. The highest BCUT2D eigenvalue weighted by Crippen LogP contribution is 2.25. The molecule has 0 saturated carbocycles. The van der Waals surface area contributed by atoms with Crippen molar-refractivity contribution in [1.29, 1.82) is 0 Å². The van der Waals surface area contributed by atoms with Gasteiger partial charge in [-0.05, 0) is 19.1 Å². The van der Waals surface area contributed by atoms with Crippen molar-refractivity contribution in [2.45, 2.75) is 11.8 Å². The molecule has 0 aromatic heterocycles. The Morgan fingerprint density at radius 2 is 2.00 bits per heavy atom. The molecule has 2 N–H and O–H groups in total. The first-order chi connectivity index (χ1) is 8.77. The average Bonchev–Trinajstić information content (AvgIpc) is 2.31. The van der Waals surface area contributed by atoms with E-state index in [-0.39, 0.29) is 10.6 Å². The number of benzene rings is 1. The summed E-state index contributed by atoms with van der Waals surface area (Å²) in [6, 6.07) is 4.39. The lowest BCUT2D eigenvalue weighted by atomic mass is 10.3. The van der Waals surface area contributed by atoms with Gasteiger partial charge in [-0.2, -0.15) is 0 Å². The van der Waals surface area contributed by atoms with Crippen LogP contribution in [-0.2, 0) is 14.6 Å². The van der Waals surface area contributed by atoms with Crippen molar-refractivity contribution in [3.63, 3.8) is 0 Å². The molecule has 0 unspecified atom stereocenters. The number of rotatable bonds is 5. The van der Waals surface area contributed by atoms with Crippen LogP contribution in [0, 0.1) is 0 Å². The number of amides is 1. The van der Waals surface area contributed by atoms with Gasteiger partial charge < -0.3 is 15.4 Å². The van der Waals surface area contributed by atoms with E-state index in [4.69, 9.17) is 10.5 Å². The topological polar surface area (TPSA) is 89.7 Å². The Bertz CT molecular complexity index is 567. The summed E-state index contributed by atoms with van der Waals surface area (Å²) >= 11 is 0. The number of nitrogen functional groups attached to an aromatic ring is 1. The summed E-state index contributed by atoms with van der Waals surface area (Å²) in [4.78, 5) is 12.7. The number of anilines is 1. The van der Waals surface area contributed by atoms with Gasteiger partial charge in [0.1, 0.15) is 11.5 Å². The van der Waals surface area contributed by atoms with Crippen LogP contribution in [0.15, 0.2) is 23.1 Å². The van der Waals surface area contributed by atoms with E-state index in [1.54, 1.807) is 13.0 Å². The van der Waals surface area contributed by atoms with E-state index in [0.29, 0.717) is 12.4 Å². The first-order valence-electron chi connectivity index (χ1n) is 5.73. The van der Waals surface area contributed by atoms with Crippen LogP contribution < -0.4 is 10.5 Å². The maximum atomic E-state index is 12.1. The van der Waals surface area contributed by atoms with E-state index in [2.05, 4.69) is 0 Å². The lowest BCUT2D eigenvalue weighted by molar-refractivity contribution is -0.125. The number of nitrogens with zero attached hydrogens (tertiary/aromatic N) is 1. The fraction of sp³-hybridized carbons (Fsp3) is 0.417. The summed E-state index contributed by atoms with van der Waals surface area (Å²) in [6.07, 6.45) is 0. The molecule has 106 valence electrons. The zero-order chi connectivity index (χ0) is 14.6. The Labute approximate surface area is 113 Å². The van der Waals surface area contributed by atoms with Gasteiger partial charge in [-0.25, -0.2) is 8.42 Å². The summed E-state index contributed by atoms with van der Waals surface area (Å²) in [5.41, 5.74) is 5.77. The highest BCUT2D eigenvalue weighted by atomic mass is 32.2. The van der Waals surface area contributed by atoms with Gasteiger partial charge in [0, 0.05) is 20.2 Å². The molecule has 0 aliphatic heterocycles.